The molecule has 1 aromatic rings. The van der Waals surface area contributed by atoms with Gasteiger partial charge in [0.1, 0.15) is 5.75 Å². The summed E-state index contributed by atoms with van der Waals surface area (Å²) in [5.41, 5.74) is 0. The molecule has 18 heavy (non-hydrogen) atoms. The van der Waals surface area contributed by atoms with Crippen LogP contribution in [-0.2, 0) is 4.79 Å². The number of benzene rings is 1. The number of ether oxygens (including phenoxy) is 1. The van der Waals surface area contributed by atoms with Crippen LogP contribution in [0.15, 0.2) is 22.7 Å². The first-order valence-corrected chi connectivity index (χ1v) is 6.41. The largest absolute Gasteiger partial charge is 0.482 e. The first-order chi connectivity index (χ1) is 8.58. The van der Waals surface area contributed by atoms with Crippen molar-refractivity contribution in [3.05, 3.63) is 27.7 Å². The molecule has 0 spiro atoms. The number of carbonyl (C=O) groups is 2. The highest BCUT2D eigenvalue weighted by Gasteiger charge is 2.26. The lowest BCUT2D eigenvalue weighted by Crippen LogP contribution is -2.37. The van der Waals surface area contributed by atoms with E-state index in [1.165, 1.54) is 0 Å². The van der Waals surface area contributed by atoms with E-state index in [9.17, 15) is 9.59 Å². The molecule has 0 aromatic heterocycles. The summed E-state index contributed by atoms with van der Waals surface area (Å²) < 4.78 is 6.11. The normalized spacial score (nSPS) is 14.6. The molecule has 1 N–H and O–H groups in total. The first kappa shape index (κ1) is 13.2. The van der Waals surface area contributed by atoms with Gasteiger partial charge in [0.2, 0.25) is 0 Å². The highest BCUT2D eigenvalue weighted by molar-refractivity contribution is 9.10. The van der Waals surface area contributed by atoms with Crippen molar-refractivity contribution in [1.82, 2.24) is 10.2 Å². The van der Waals surface area contributed by atoms with Crippen molar-refractivity contribution >= 4 is 39.5 Å². The Labute approximate surface area is 117 Å². The topological polar surface area (TPSA) is 58.6 Å². The summed E-state index contributed by atoms with van der Waals surface area (Å²) in [7, 11) is 0. The van der Waals surface area contributed by atoms with Crippen LogP contribution in [0.3, 0.4) is 0 Å². The van der Waals surface area contributed by atoms with Crippen molar-refractivity contribution < 1.29 is 14.3 Å². The van der Waals surface area contributed by atoms with E-state index in [1.54, 1.807) is 18.2 Å². The summed E-state index contributed by atoms with van der Waals surface area (Å²) in [4.78, 5) is 24.1. The Kier molecular flexibility index (Phi) is 4.08. The van der Waals surface area contributed by atoms with E-state index in [0.717, 1.165) is 9.37 Å². The number of halogens is 2. The molecule has 1 fully saturated rings. The molecule has 1 aromatic carbocycles. The molecule has 2 rings (SSSR count). The lowest BCUT2D eigenvalue weighted by Gasteiger charge is -2.13. The molecule has 5 nitrogen and oxygen atoms in total. The second-order valence-corrected chi connectivity index (χ2v) is 4.96. The zero-order chi connectivity index (χ0) is 13.1. The average Bonchev–Trinajstić information content (AvgIpc) is 2.74. The second-order valence-electron chi connectivity index (χ2n) is 3.64. The summed E-state index contributed by atoms with van der Waals surface area (Å²) >= 11 is 9.21. The van der Waals surface area contributed by atoms with E-state index in [0.29, 0.717) is 23.9 Å². The van der Waals surface area contributed by atoms with Gasteiger partial charge in [-0.05, 0) is 18.2 Å². The number of amides is 3. The van der Waals surface area contributed by atoms with Gasteiger partial charge in [-0.1, -0.05) is 27.5 Å². The van der Waals surface area contributed by atoms with Gasteiger partial charge in [0, 0.05) is 17.6 Å². The van der Waals surface area contributed by atoms with Gasteiger partial charge in [-0.25, -0.2) is 4.79 Å². The molecule has 1 heterocycles. The minimum atomic E-state index is -0.385. The monoisotopic (exact) mass is 332 g/mol. The van der Waals surface area contributed by atoms with Crippen LogP contribution in [0, 0.1) is 0 Å². The van der Waals surface area contributed by atoms with E-state index < -0.39 is 0 Å². The second kappa shape index (κ2) is 5.58. The Morgan fingerprint density at radius 3 is 2.94 bits per heavy atom. The maximum Gasteiger partial charge on any atom is 0.324 e. The standard InChI is InChI=1S/C11H10BrClN2O3/c12-7-1-2-9(8(13)5-7)18-6-10(16)15-4-3-14-11(15)17/h1-2,5H,3-4,6H2,(H,14,17). The van der Waals surface area contributed by atoms with E-state index in [-0.39, 0.29) is 18.5 Å². The Balaban J connectivity index is 1.95. The molecule has 3 amide bonds. The van der Waals surface area contributed by atoms with Gasteiger partial charge in [-0.15, -0.1) is 0 Å². The fraction of sp³-hybridized carbons (Fsp3) is 0.273. The Morgan fingerprint density at radius 2 is 2.33 bits per heavy atom. The van der Waals surface area contributed by atoms with Crippen LogP contribution in [0.1, 0.15) is 0 Å². The Hall–Kier alpha value is -1.27. The van der Waals surface area contributed by atoms with Gasteiger partial charge in [-0.2, -0.15) is 0 Å². The maximum absolute atomic E-state index is 11.7. The van der Waals surface area contributed by atoms with E-state index in [2.05, 4.69) is 21.2 Å². The first-order valence-electron chi connectivity index (χ1n) is 5.24. The number of hydrogen-bond donors (Lipinski definition) is 1. The number of nitrogens with one attached hydrogen (secondary N) is 1. The van der Waals surface area contributed by atoms with Crippen LogP contribution in [0.2, 0.25) is 5.02 Å². The quantitative estimate of drug-likeness (QED) is 0.921. The summed E-state index contributed by atoms with van der Waals surface area (Å²) in [6, 6.07) is 4.70. The SMILES string of the molecule is O=C(COc1ccc(Br)cc1Cl)N1CCNC1=O. The molecular weight excluding hydrogens is 323 g/mol. The number of hydrogen-bond acceptors (Lipinski definition) is 3. The van der Waals surface area contributed by atoms with Crippen LogP contribution in [0.4, 0.5) is 4.79 Å². The van der Waals surface area contributed by atoms with Gasteiger partial charge in [0.25, 0.3) is 5.91 Å². The Morgan fingerprint density at radius 1 is 1.56 bits per heavy atom. The molecule has 0 bridgehead atoms. The fourth-order valence-corrected chi connectivity index (χ4v) is 2.25. The molecule has 1 aliphatic heterocycles. The predicted molar refractivity (Wildman–Crippen MR) is 69.8 cm³/mol. The summed E-state index contributed by atoms with van der Waals surface area (Å²) in [5, 5.41) is 2.95. The number of urea groups is 1. The van der Waals surface area contributed by atoms with Crippen LogP contribution < -0.4 is 10.1 Å². The highest BCUT2D eigenvalue weighted by atomic mass is 79.9. The third-order valence-corrected chi connectivity index (χ3v) is 3.19. The molecule has 0 unspecified atom stereocenters. The number of nitrogens with zero attached hydrogens (tertiary/aromatic N) is 1. The van der Waals surface area contributed by atoms with Gasteiger partial charge >= 0.3 is 6.03 Å². The molecule has 1 aliphatic rings. The lowest BCUT2D eigenvalue weighted by molar-refractivity contribution is -0.129. The molecule has 0 aliphatic carbocycles. The third kappa shape index (κ3) is 2.94. The van der Waals surface area contributed by atoms with E-state index in [1.807, 2.05) is 0 Å². The minimum absolute atomic E-state index is 0.214. The highest BCUT2D eigenvalue weighted by Crippen LogP contribution is 2.27. The minimum Gasteiger partial charge on any atom is -0.482 e. The van der Waals surface area contributed by atoms with Crippen LogP contribution in [0.25, 0.3) is 0 Å². The van der Waals surface area contributed by atoms with Crippen LogP contribution in [0.5, 0.6) is 5.75 Å². The fourth-order valence-electron chi connectivity index (χ4n) is 1.52. The zero-order valence-corrected chi connectivity index (χ0v) is 11.6. The molecule has 0 radical (unpaired) electrons. The van der Waals surface area contributed by atoms with Gasteiger partial charge in [0.05, 0.1) is 5.02 Å². The van der Waals surface area contributed by atoms with Gasteiger partial charge < -0.3 is 10.1 Å². The van der Waals surface area contributed by atoms with Crippen LogP contribution >= 0.6 is 27.5 Å². The smallest absolute Gasteiger partial charge is 0.324 e. The molecule has 96 valence electrons. The predicted octanol–water partition coefficient (Wildman–Crippen LogP) is 2.03. The molecule has 0 saturated carbocycles. The number of imide groups is 1. The Bertz CT molecular complexity index is 495. The van der Waals surface area contributed by atoms with Gasteiger partial charge in [0.15, 0.2) is 6.61 Å². The van der Waals surface area contributed by atoms with Crippen molar-refractivity contribution in [3.63, 3.8) is 0 Å². The molecule has 0 atom stereocenters. The van der Waals surface area contributed by atoms with Crippen molar-refractivity contribution in [3.8, 4) is 5.75 Å². The van der Waals surface area contributed by atoms with E-state index >= 15 is 0 Å². The lowest BCUT2D eigenvalue weighted by atomic mass is 10.3. The van der Waals surface area contributed by atoms with Crippen molar-refractivity contribution in [1.29, 1.82) is 0 Å². The van der Waals surface area contributed by atoms with Gasteiger partial charge in [-0.3, -0.25) is 9.69 Å². The van der Waals surface area contributed by atoms with Crippen molar-refractivity contribution in [2.75, 3.05) is 19.7 Å². The summed E-state index contributed by atoms with van der Waals surface area (Å²) in [6.07, 6.45) is 0. The molecule has 7 heteroatoms. The number of rotatable bonds is 3. The van der Waals surface area contributed by atoms with Crippen LogP contribution in [-0.4, -0.2) is 36.5 Å². The average molecular weight is 334 g/mol. The van der Waals surface area contributed by atoms with Crippen molar-refractivity contribution in [2.24, 2.45) is 0 Å². The van der Waals surface area contributed by atoms with Crippen molar-refractivity contribution in [2.45, 2.75) is 0 Å². The summed E-state index contributed by atoms with van der Waals surface area (Å²) in [6.45, 7) is 0.632. The third-order valence-electron chi connectivity index (χ3n) is 2.40. The zero-order valence-electron chi connectivity index (χ0n) is 9.28. The summed E-state index contributed by atoms with van der Waals surface area (Å²) in [5.74, 6) is 0.0248. The number of carbonyl (C=O) groups excluding carboxylic acids is 2. The molecular formula is C11H10BrClN2O3. The maximum atomic E-state index is 11.7. The molecule has 1 saturated heterocycles. The van der Waals surface area contributed by atoms with E-state index in [4.69, 9.17) is 16.3 Å².